The van der Waals surface area contributed by atoms with Crippen molar-refractivity contribution in [3.8, 4) is 9.75 Å². The normalized spacial score (nSPS) is 17.1. The Labute approximate surface area is 118 Å². The van der Waals surface area contributed by atoms with Crippen LogP contribution in [0.2, 0.25) is 0 Å². The van der Waals surface area contributed by atoms with E-state index in [2.05, 4.69) is 40.8 Å². The maximum atomic E-state index is 6.85. The Kier molecular flexibility index (Phi) is 3.45. The molecule has 0 bridgehead atoms. The van der Waals surface area contributed by atoms with Gasteiger partial charge in [-0.1, -0.05) is 23.9 Å². The van der Waals surface area contributed by atoms with E-state index in [4.69, 9.17) is 5.53 Å². The highest BCUT2D eigenvalue weighted by Gasteiger charge is 2.15. The first-order chi connectivity index (χ1) is 8.86. The molecule has 1 N–H and O–H groups in total. The van der Waals surface area contributed by atoms with Crippen LogP contribution < -0.4 is 0 Å². The van der Waals surface area contributed by atoms with Crippen molar-refractivity contribution in [3.05, 3.63) is 51.7 Å². The number of thioether (sulfide) groups is 1. The lowest BCUT2D eigenvalue weighted by Gasteiger charge is -1.96. The highest BCUT2D eigenvalue weighted by Crippen LogP contribution is 2.45. The quantitative estimate of drug-likeness (QED) is 0.710. The van der Waals surface area contributed by atoms with Crippen LogP contribution in [0.15, 0.2) is 51.9 Å². The van der Waals surface area contributed by atoms with E-state index in [0.29, 0.717) is 0 Å². The number of nitrogens with one attached hydrogen (secondary N) is 1. The Morgan fingerprint density at radius 2 is 2.06 bits per heavy atom. The van der Waals surface area contributed by atoms with E-state index in [1.165, 1.54) is 19.5 Å². The Hall–Kier alpha value is -1.17. The van der Waals surface area contributed by atoms with Crippen molar-refractivity contribution in [2.24, 2.45) is 5.11 Å². The van der Waals surface area contributed by atoms with Gasteiger partial charge in [0, 0.05) is 24.4 Å². The Balaban J connectivity index is 1.83. The van der Waals surface area contributed by atoms with Gasteiger partial charge < -0.3 is 0 Å². The molecule has 1 aliphatic rings. The summed E-state index contributed by atoms with van der Waals surface area (Å²) in [4.78, 5) is 6.39. The van der Waals surface area contributed by atoms with Crippen molar-refractivity contribution >= 4 is 39.3 Å². The van der Waals surface area contributed by atoms with Crippen molar-refractivity contribution in [1.29, 1.82) is 5.53 Å². The molecule has 1 aliphatic heterocycles. The molecule has 0 radical (unpaired) electrons. The fourth-order valence-corrected chi connectivity index (χ4v) is 4.66. The van der Waals surface area contributed by atoms with E-state index < -0.39 is 0 Å². The molecule has 3 heterocycles. The predicted octanol–water partition coefficient (Wildman–Crippen LogP) is 5.83. The van der Waals surface area contributed by atoms with E-state index >= 15 is 0 Å². The first kappa shape index (κ1) is 11.9. The molecule has 0 aliphatic carbocycles. The molecule has 90 valence electrons. The van der Waals surface area contributed by atoms with Gasteiger partial charge in [-0.15, -0.1) is 22.7 Å². The maximum absolute atomic E-state index is 6.85. The van der Waals surface area contributed by atoms with Crippen molar-refractivity contribution in [3.63, 3.8) is 0 Å². The summed E-state index contributed by atoms with van der Waals surface area (Å²) in [5, 5.41) is 5.44. The van der Waals surface area contributed by atoms with E-state index in [1.54, 1.807) is 29.3 Å². The van der Waals surface area contributed by atoms with Crippen molar-refractivity contribution < 1.29 is 0 Å². The van der Waals surface area contributed by atoms with Gasteiger partial charge in [0.2, 0.25) is 0 Å². The van der Waals surface area contributed by atoms with E-state index in [9.17, 15) is 0 Å². The van der Waals surface area contributed by atoms with Crippen molar-refractivity contribution in [2.45, 2.75) is 6.42 Å². The monoisotopic (exact) mass is 290 g/mol. The zero-order valence-electron chi connectivity index (χ0n) is 9.42. The van der Waals surface area contributed by atoms with Gasteiger partial charge >= 0.3 is 0 Å². The lowest BCUT2D eigenvalue weighted by molar-refractivity contribution is 1.13. The Bertz CT molecular complexity index is 620. The second-order valence-corrected chi connectivity index (χ2v) is 6.94. The third-order valence-corrected chi connectivity index (χ3v) is 6.01. The topological polar surface area (TPSA) is 36.2 Å². The van der Waals surface area contributed by atoms with Gasteiger partial charge in [0.25, 0.3) is 0 Å². The second kappa shape index (κ2) is 5.22. The molecule has 2 aromatic rings. The molecule has 0 spiro atoms. The van der Waals surface area contributed by atoms with Gasteiger partial charge in [-0.2, -0.15) is 5.11 Å². The highest BCUT2D eigenvalue weighted by molar-refractivity contribution is 8.12. The van der Waals surface area contributed by atoms with Crippen LogP contribution in [0, 0.1) is 5.53 Å². The van der Waals surface area contributed by atoms with Crippen LogP contribution in [-0.4, -0.2) is 0 Å². The SMILES string of the molecule is N=NC=C1CC=C(c2ccc(-c3cccs3)s2)S1. The number of allylic oxidation sites excluding steroid dienone is 2. The Morgan fingerprint density at radius 3 is 2.83 bits per heavy atom. The average molecular weight is 290 g/mol. The zero-order valence-corrected chi connectivity index (χ0v) is 11.9. The molecule has 0 unspecified atom stereocenters. The number of hydrogen-bond acceptors (Lipinski definition) is 5. The molecule has 0 amide bonds. The van der Waals surface area contributed by atoms with Gasteiger partial charge in [-0.05, 0) is 30.0 Å². The summed E-state index contributed by atoms with van der Waals surface area (Å²) in [7, 11) is 0. The van der Waals surface area contributed by atoms with Crippen LogP contribution in [0.3, 0.4) is 0 Å². The summed E-state index contributed by atoms with van der Waals surface area (Å²) in [5.74, 6) is 0. The second-order valence-electron chi connectivity index (χ2n) is 3.74. The summed E-state index contributed by atoms with van der Waals surface area (Å²) in [5.41, 5.74) is 6.85. The molecular weight excluding hydrogens is 280 g/mol. The van der Waals surface area contributed by atoms with Gasteiger partial charge in [-0.25, -0.2) is 5.53 Å². The van der Waals surface area contributed by atoms with Gasteiger partial charge in [0.05, 0.1) is 6.20 Å². The molecule has 0 atom stereocenters. The fraction of sp³-hybridized carbons (Fsp3) is 0.0769. The molecule has 3 rings (SSSR count). The number of thiophene rings is 2. The minimum absolute atomic E-state index is 0.897. The van der Waals surface area contributed by atoms with Crippen molar-refractivity contribution in [2.75, 3.05) is 0 Å². The Morgan fingerprint density at radius 1 is 1.17 bits per heavy atom. The van der Waals surface area contributed by atoms with Gasteiger partial charge in [0.1, 0.15) is 0 Å². The molecule has 2 nitrogen and oxygen atoms in total. The van der Waals surface area contributed by atoms with E-state index in [0.717, 1.165) is 11.3 Å². The minimum atomic E-state index is 0.897. The number of nitrogens with zero attached hydrogens (tertiary/aromatic N) is 1. The summed E-state index contributed by atoms with van der Waals surface area (Å²) < 4.78 is 0. The molecule has 0 fully saturated rings. The standard InChI is InChI=1S/C13H10N2S3/c14-15-8-9-3-4-12(17-9)13-6-5-11(18-13)10-2-1-7-16-10/h1-2,4-8,14H,3H2. The number of hydrogen-bond donors (Lipinski definition) is 1. The summed E-state index contributed by atoms with van der Waals surface area (Å²) >= 11 is 5.32. The van der Waals surface area contributed by atoms with Crippen LogP contribution >= 0.6 is 34.4 Å². The molecule has 0 saturated heterocycles. The summed E-state index contributed by atoms with van der Waals surface area (Å²) in [6.07, 6.45) is 4.74. The minimum Gasteiger partial charge on any atom is -0.205 e. The largest absolute Gasteiger partial charge is 0.205 e. The summed E-state index contributed by atoms with van der Waals surface area (Å²) in [6, 6.07) is 8.60. The first-order valence-electron chi connectivity index (χ1n) is 5.44. The molecule has 18 heavy (non-hydrogen) atoms. The zero-order chi connectivity index (χ0) is 12.4. The van der Waals surface area contributed by atoms with Crippen LogP contribution in [0.5, 0.6) is 0 Å². The third-order valence-electron chi connectivity index (χ3n) is 2.55. The van der Waals surface area contributed by atoms with Crippen molar-refractivity contribution in [1.82, 2.24) is 0 Å². The first-order valence-corrected chi connectivity index (χ1v) is 7.96. The molecular formula is C13H10N2S3. The lowest BCUT2D eigenvalue weighted by atomic mass is 10.3. The van der Waals surface area contributed by atoms with Crippen LogP contribution in [0.4, 0.5) is 0 Å². The van der Waals surface area contributed by atoms with Gasteiger partial charge in [-0.3, -0.25) is 0 Å². The van der Waals surface area contributed by atoms with E-state index in [-0.39, 0.29) is 0 Å². The maximum Gasteiger partial charge on any atom is 0.0590 e. The molecule has 2 aromatic heterocycles. The molecule has 0 aromatic carbocycles. The smallest absolute Gasteiger partial charge is 0.0590 e. The molecule has 5 heteroatoms. The predicted molar refractivity (Wildman–Crippen MR) is 81.0 cm³/mol. The average Bonchev–Trinajstić information content (AvgIpc) is 3.10. The fourth-order valence-electron chi connectivity index (χ4n) is 1.74. The van der Waals surface area contributed by atoms with Crippen LogP contribution in [0.25, 0.3) is 14.7 Å². The summed E-state index contributed by atoms with van der Waals surface area (Å²) in [6.45, 7) is 0. The van der Waals surface area contributed by atoms with Crippen LogP contribution in [0.1, 0.15) is 11.3 Å². The third kappa shape index (κ3) is 2.34. The van der Waals surface area contributed by atoms with Gasteiger partial charge in [0.15, 0.2) is 0 Å². The highest BCUT2D eigenvalue weighted by atomic mass is 32.2. The molecule has 0 saturated carbocycles. The van der Waals surface area contributed by atoms with E-state index in [1.807, 2.05) is 11.3 Å². The lowest BCUT2D eigenvalue weighted by Crippen LogP contribution is -1.65. The van der Waals surface area contributed by atoms with Crippen LogP contribution in [-0.2, 0) is 0 Å². The number of rotatable bonds is 3.